The molecular formula is C10H12ClNO3S. The third-order valence-electron chi connectivity index (χ3n) is 1.92. The average molecular weight is 262 g/mol. The Labute approximate surface area is 102 Å². The number of carboxylic acids is 1. The van der Waals surface area contributed by atoms with Gasteiger partial charge in [0.05, 0.1) is 12.5 Å². The highest BCUT2D eigenvalue weighted by atomic mass is 35.5. The second kappa shape index (κ2) is 6.50. The minimum atomic E-state index is -0.940. The molecule has 1 unspecified atom stereocenters. The maximum atomic E-state index is 11.3. The van der Waals surface area contributed by atoms with Gasteiger partial charge in [-0.15, -0.1) is 22.9 Å². The second-order valence-corrected chi connectivity index (χ2v) is 4.53. The number of amides is 1. The molecule has 0 bridgehead atoms. The van der Waals surface area contributed by atoms with Crippen molar-refractivity contribution in [3.8, 4) is 0 Å². The normalized spacial score (nSPS) is 12.1. The Morgan fingerprint density at radius 3 is 2.81 bits per heavy atom. The van der Waals surface area contributed by atoms with Crippen molar-refractivity contribution in [2.75, 3.05) is 5.88 Å². The van der Waals surface area contributed by atoms with Gasteiger partial charge in [0.1, 0.15) is 0 Å². The van der Waals surface area contributed by atoms with Crippen molar-refractivity contribution in [1.82, 2.24) is 5.32 Å². The van der Waals surface area contributed by atoms with Crippen LogP contribution in [0.5, 0.6) is 0 Å². The first-order chi connectivity index (χ1) is 7.63. The number of carbonyl (C=O) groups is 2. The number of nitrogens with one attached hydrogen (secondary N) is 1. The molecule has 1 heterocycles. The molecule has 88 valence electrons. The molecule has 1 aromatic rings. The van der Waals surface area contributed by atoms with Crippen LogP contribution in [0.2, 0.25) is 0 Å². The van der Waals surface area contributed by atoms with Gasteiger partial charge in [-0.05, 0) is 11.4 Å². The zero-order chi connectivity index (χ0) is 12.0. The molecule has 1 rings (SSSR count). The van der Waals surface area contributed by atoms with Gasteiger partial charge in [0.15, 0.2) is 0 Å². The molecular weight excluding hydrogens is 250 g/mol. The Morgan fingerprint density at radius 1 is 1.56 bits per heavy atom. The van der Waals surface area contributed by atoms with E-state index in [1.165, 1.54) is 11.3 Å². The number of aliphatic carboxylic acids is 1. The summed E-state index contributed by atoms with van der Waals surface area (Å²) in [5.41, 5.74) is 0. The summed E-state index contributed by atoms with van der Waals surface area (Å²) in [7, 11) is 0. The summed E-state index contributed by atoms with van der Waals surface area (Å²) in [6.07, 6.45) is 0.0809. The van der Waals surface area contributed by atoms with Gasteiger partial charge < -0.3 is 10.4 Å². The van der Waals surface area contributed by atoms with Crippen molar-refractivity contribution < 1.29 is 14.7 Å². The van der Waals surface area contributed by atoms with E-state index in [-0.39, 0.29) is 24.6 Å². The van der Waals surface area contributed by atoms with Crippen LogP contribution in [-0.4, -0.2) is 22.9 Å². The zero-order valence-electron chi connectivity index (χ0n) is 8.48. The van der Waals surface area contributed by atoms with Crippen molar-refractivity contribution >= 4 is 34.8 Å². The lowest BCUT2D eigenvalue weighted by molar-refractivity contribution is -0.137. The molecule has 0 spiro atoms. The van der Waals surface area contributed by atoms with Gasteiger partial charge in [0.25, 0.3) is 0 Å². The first-order valence-electron chi connectivity index (χ1n) is 4.74. The minimum Gasteiger partial charge on any atom is -0.481 e. The van der Waals surface area contributed by atoms with E-state index in [0.717, 1.165) is 4.88 Å². The molecule has 6 heteroatoms. The Bertz CT molecular complexity index is 353. The topological polar surface area (TPSA) is 66.4 Å². The maximum absolute atomic E-state index is 11.3. The third-order valence-corrected chi connectivity index (χ3v) is 3.10. The quantitative estimate of drug-likeness (QED) is 0.770. The summed E-state index contributed by atoms with van der Waals surface area (Å²) in [6, 6.07) is 3.16. The van der Waals surface area contributed by atoms with E-state index in [4.69, 9.17) is 16.7 Å². The van der Waals surface area contributed by atoms with Gasteiger partial charge in [-0.3, -0.25) is 9.59 Å². The molecule has 0 saturated carbocycles. The fourth-order valence-electron chi connectivity index (χ4n) is 1.24. The standard InChI is InChI=1S/C10H12ClNO3S/c11-4-3-9(13)12-7(6-10(14)15)8-2-1-5-16-8/h1-2,5,7H,3-4,6H2,(H,12,13)(H,14,15). The number of hydrogen-bond donors (Lipinski definition) is 2. The zero-order valence-corrected chi connectivity index (χ0v) is 10.1. The summed E-state index contributed by atoms with van der Waals surface area (Å²) >= 11 is 6.86. The molecule has 0 aliphatic rings. The maximum Gasteiger partial charge on any atom is 0.305 e. The lowest BCUT2D eigenvalue weighted by atomic mass is 10.1. The van der Waals surface area contributed by atoms with Crippen LogP contribution in [0.4, 0.5) is 0 Å². The van der Waals surface area contributed by atoms with E-state index in [2.05, 4.69) is 5.32 Å². The van der Waals surface area contributed by atoms with E-state index in [0.29, 0.717) is 0 Å². The molecule has 16 heavy (non-hydrogen) atoms. The average Bonchev–Trinajstić information content (AvgIpc) is 2.68. The highest BCUT2D eigenvalue weighted by Gasteiger charge is 2.18. The smallest absolute Gasteiger partial charge is 0.305 e. The fraction of sp³-hybridized carbons (Fsp3) is 0.400. The number of thiophene rings is 1. The Kier molecular flexibility index (Phi) is 5.28. The van der Waals surface area contributed by atoms with Crippen molar-refractivity contribution in [2.45, 2.75) is 18.9 Å². The van der Waals surface area contributed by atoms with Gasteiger partial charge >= 0.3 is 5.97 Å². The van der Waals surface area contributed by atoms with E-state index in [1.54, 1.807) is 6.07 Å². The second-order valence-electron chi connectivity index (χ2n) is 3.17. The first kappa shape index (κ1) is 13.0. The van der Waals surface area contributed by atoms with Crippen LogP contribution in [0.25, 0.3) is 0 Å². The number of alkyl halides is 1. The summed E-state index contributed by atoms with van der Waals surface area (Å²) < 4.78 is 0. The van der Waals surface area contributed by atoms with Gasteiger partial charge in [0.2, 0.25) is 5.91 Å². The molecule has 4 nitrogen and oxygen atoms in total. The van der Waals surface area contributed by atoms with Gasteiger partial charge in [-0.1, -0.05) is 6.07 Å². The van der Waals surface area contributed by atoms with E-state index >= 15 is 0 Å². The largest absolute Gasteiger partial charge is 0.481 e. The van der Waals surface area contributed by atoms with Crippen molar-refractivity contribution in [1.29, 1.82) is 0 Å². The van der Waals surface area contributed by atoms with Crippen molar-refractivity contribution in [2.24, 2.45) is 0 Å². The molecule has 0 aromatic carbocycles. The summed E-state index contributed by atoms with van der Waals surface area (Å²) in [5.74, 6) is -0.935. The number of hydrogen-bond acceptors (Lipinski definition) is 3. The van der Waals surface area contributed by atoms with Crippen LogP contribution in [0.3, 0.4) is 0 Å². The van der Waals surface area contributed by atoms with E-state index in [1.807, 2.05) is 11.4 Å². The minimum absolute atomic E-state index is 0.117. The molecule has 0 radical (unpaired) electrons. The predicted molar refractivity (Wildman–Crippen MR) is 62.8 cm³/mol. The molecule has 0 fully saturated rings. The fourth-order valence-corrected chi connectivity index (χ4v) is 2.19. The van der Waals surface area contributed by atoms with Crippen LogP contribution in [0.1, 0.15) is 23.8 Å². The predicted octanol–water partition coefficient (Wildman–Crippen LogP) is 2.01. The molecule has 1 atom stereocenters. The number of rotatable bonds is 6. The first-order valence-corrected chi connectivity index (χ1v) is 6.15. The van der Waals surface area contributed by atoms with Crippen LogP contribution in [0, 0.1) is 0 Å². The number of carbonyl (C=O) groups excluding carboxylic acids is 1. The Morgan fingerprint density at radius 2 is 2.31 bits per heavy atom. The molecule has 1 aromatic heterocycles. The highest BCUT2D eigenvalue weighted by molar-refractivity contribution is 7.10. The number of halogens is 1. The van der Waals surface area contributed by atoms with Crippen molar-refractivity contribution in [3.05, 3.63) is 22.4 Å². The van der Waals surface area contributed by atoms with Gasteiger partial charge in [0, 0.05) is 17.2 Å². The van der Waals surface area contributed by atoms with E-state index in [9.17, 15) is 9.59 Å². The van der Waals surface area contributed by atoms with Gasteiger partial charge in [-0.25, -0.2) is 0 Å². The van der Waals surface area contributed by atoms with Crippen LogP contribution in [-0.2, 0) is 9.59 Å². The molecule has 2 N–H and O–H groups in total. The molecule has 1 amide bonds. The third kappa shape index (κ3) is 4.20. The van der Waals surface area contributed by atoms with Crippen LogP contribution in [0.15, 0.2) is 17.5 Å². The Hall–Kier alpha value is -1.07. The van der Waals surface area contributed by atoms with Crippen LogP contribution < -0.4 is 5.32 Å². The summed E-state index contributed by atoms with van der Waals surface area (Å²) in [6.45, 7) is 0. The van der Waals surface area contributed by atoms with E-state index < -0.39 is 12.0 Å². The molecule has 0 aliphatic heterocycles. The van der Waals surface area contributed by atoms with Gasteiger partial charge in [-0.2, -0.15) is 0 Å². The number of carboxylic acid groups (broad SMARTS) is 1. The van der Waals surface area contributed by atoms with Crippen molar-refractivity contribution in [3.63, 3.8) is 0 Å². The summed E-state index contributed by atoms with van der Waals surface area (Å²) in [5, 5.41) is 13.3. The molecule has 0 saturated heterocycles. The lowest BCUT2D eigenvalue weighted by Crippen LogP contribution is -2.29. The Balaban J connectivity index is 2.65. The monoisotopic (exact) mass is 261 g/mol. The SMILES string of the molecule is O=C(O)CC(NC(=O)CCCl)c1cccs1. The summed E-state index contributed by atoms with van der Waals surface area (Å²) in [4.78, 5) is 22.9. The van der Waals surface area contributed by atoms with Crippen LogP contribution >= 0.6 is 22.9 Å². The highest BCUT2D eigenvalue weighted by Crippen LogP contribution is 2.22. The molecule has 0 aliphatic carbocycles. The lowest BCUT2D eigenvalue weighted by Gasteiger charge is -2.14.